The summed E-state index contributed by atoms with van der Waals surface area (Å²) in [5, 5.41) is 4.85. The van der Waals surface area contributed by atoms with Gasteiger partial charge in [-0.1, -0.05) is 173 Å². The van der Waals surface area contributed by atoms with E-state index in [4.69, 9.17) is 4.42 Å². The molecule has 4 aliphatic heterocycles. The molecule has 0 saturated heterocycles. The molecule has 0 spiro atoms. The Bertz CT molecular complexity index is 4850. The first-order valence-corrected chi connectivity index (χ1v) is 32.0. The molecule has 10 aromatic carbocycles. The number of para-hydroxylation sites is 3. The summed E-state index contributed by atoms with van der Waals surface area (Å²) in [6.45, 7) is 14.9. The molecule has 7 heteroatoms. The van der Waals surface area contributed by atoms with Crippen molar-refractivity contribution in [2.45, 2.75) is 115 Å². The maximum atomic E-state index is 7.16. The normalized spacial score (nSPS) is 22.6. The third-order valence-corrected chi connectivity index (χ3v) is 23.7. The van der Waals surface area contributed by atoms with Crippen molar-refractivity contribution < 1.29 is 4.42 Å². The third kappa shape index (κ3) is 6.50. The fourth-order valence-electron chi connectivity index (χ4n) is 18.3. The van der Waals surface area contributed by atoms with Gasteiger partial charge in [-0.25, -0.2) is 0 Å². The Morgan fingerprint density at radius 2 is 1.07 bits per heavy atom. The van der Waals surface area contributed by atoms with Gasteiger partial charge in [0.1, 0.15) is 5.58 Å². The van der Waals surface area contributed by atoms with Crippen molar-refractivity contribution in [2.75, 3.05) is 19.6 Å². The van der Waals surface area contributed by atoms with Crippen LogP contribution in [0.4, 0.5) is 56.9 Å². The zero-order chi connectivity index (χ0) is 56.9. The molecule has 12 aromatic rings. The molecule has 6 aliphatic rings. The summed E-state index contributed by atoms with van der Waals surface area (Å²) in [7, 11) is 0. The van der Waals surface area contributed by atoms with Crippen molar-refractivity contribution in [1.29, 1.82) is 0 Å². The van der Waals surface area contributed by atoms with E-state index in [2.05, 4.69) is 261 Å². The fraction of sp³-hybridized carbons (Fsp3) is 0.231. The summed E-state index contributed by atoms with van der Waals surface area (Å²) in [5.74, 6) is 0. The monoisotopic (exact) mass is 1120 g/mol. The SMILES string of the molecule is Cc1cc(C)c2c(c1)N(c1cc3c4c(c1)N(c1cccc5c1sc1ccccc15)c1cc(N5c6ccccc6C6(C)CCCCC56C)ccc1B4c1cc(-c4ccccc4)ccc1N3c1cccc3c1oc1ccccc13)C1(C)CCCCC21C. The van der Waals surface area contributed by atoms with Crippen LogP contribution in [0.5, 0.6) is 0 Å². The van der Waals surface area contributed by atoms with Crippen LogP contribution in [0.25, 0.3) is 53.2 Å². The lowest BCUT2D eigenvalue weighted by Crippen LogP contribution is -2.61. The first kappa shape index (κ1) is 49.9. The number of benzene rings is 10. The molecule has 2 saturated carbocycles. The van der Waals surface area contributed by atoms with Crippen molar-refractivity contribution in [3.8, 4) is 11.1 Å². The van der Waals surface area contributed by atoms with E-state index >= 15 is 0 Å². The van der Waals surface area contributed by atoms with E-state index < -0.39 is 0 Å². The predicted octanol–water partition coefficient (Wildman–Crippen LogP) is 19.8. The van der Waals surface area contributed by atoms with E-state index in [9.17, 15) is 0 Å². The summed E-state index contributed by atoms with van der Waals surface area (Å²) in [4.78, 5) is 11.0. The van der Waals surface area contributed by atoms with Gasteiger partial charge < -0.3 is 24.0 Å². The van der Waals surface area contributed by atoms with Crippen molar-refractivity contribution in [1.82, 2.24) is 0 Å². The average molecular weight is 1120 g/mol. The molecule has 0 bridgehead atoms. The van der Waals surface area contributed by atoms with Gasteiger partial charge in [-0.3, -0.25) is 0 Å². The van der Waals surface area contributed by atoms with Gasteiger partial charge in [-0.05, 0) is 170 Å². The lowest BCUT2D eigenvalue weighted by Gasteiger charge is -2.51. The third-order valence-electron chi connectivity index (χ3n) is 22.4. The Hall–Kier alpha value is -8.52. The summed E-state index contributed by atoms with van der Waals surface area (Å²) < 4.78 is 9.76. The number of thiophene rings is 1. The summed E-state index contributed by atoms with van der Waals surface area (Å²) >= 11 is 1.93. The Labute approximate surface area is 502 Å². The summed E-state index contributed by atoms with van der Waals surface area (Å²) in [5.41, 5.74) is 25.7. The van der Waals surface area contributed by atoms with Crippen LogP contribution in [-0.2, 0) is 10.8 Å². The summed E-state index contributed by atoms with van der Waals surface area (Å²) in [6.07, 6.45) is 9.46. The maximum Gasteiger partial charge on any atom is 0.252 e. The van der Waals surface area contributed by atoms with Gasteiger partial charge in [-0.2, -0.15) is 0 Å². The second-order valence-corrected chi connectivity index (χ2v) is 27.7. The Balaban J connectivity index is 0.994. The van der Waals surface area contributed by atoms with Crippen LogP contribution in [0, 0.1) is 13.8 Å². The van der Waals surface area contributed by atoms with Gasteiger partial charge in [0.2, 0.25) is 0 Å². The predicted molar refractivity (Wildman–Crippen MR) is 361 cm³/mol. The lowest BCUT2D eigenvalue weighted by molar-refractivity contribution is 0.194. The molecule has 85 heavy (non-hydrogen) atoms. The van der Waals surface area contributed by atoms with Crippen molar-refractivity contribution in [3.05, 3.63) is 222 Å². The maximum absolute atomic E-state index is 7.16. The number of anilines is 10. The zero-order valence-electron chi connectivity index (χ0n) is 49.4. The van der Waals surface area contributed by atoms with Gasteiger partial charge in [0.05, 0.1) is 27.2 Å². The molecule has 0 N–H and O–H groups in total. The topological polar surface area (TPSA) is 26.1 Å². The quantitative estimate of drug-likeness (QED) is 0.160. The smallest absolute Gasteiger partial charge is 0.252 e. The highest BCUT2D eigenvalue weighted by Gasteiger charge is 2.60. The van der Waals surface area contributed by atoms with E-state index in [0.29, 0.717) is 0 Å². The van der Waals surface area contributed by atoms with Crippen LogP contribution in [0.3, 0.4) is 0 Å². The second-order valence-electron chi connectivity index (χ2n) is 26.7. The molecule has 0 amide bonds. The minimum absolute atomic E-state index is 0.00523. The minimum atomic E-state index is -0.200. The second kappa shape index (κ2) is 17.5. The van der Waals surface area contributed by atoms with Crippen molar-refractivity contribution in [3.63, 3.8) is 0 Å². The van der Waals surface area contributed by atoms with Gasteiger partial charge in [0, 0.05) is 82.6 Å². The Morgan fingerprint density at radius 1 is 0.435 bits per heavy atom. The van der Waals surface area contributed by atoms with Crippen molar-refractivity contribution in [2.24, 2.45) is 0 Å². The molecule has 5 nitrogen and oxygen atoms in total. The van der Waals surface area contributed by atoms with Crippen LogP contribution in [0.1, 0.15) is 101 Å². The minimum Gasteiger partial charge on any atom is -0.454 e. The highest BCUT2D eigenvalue weighted by atomic mass is 32.1. The Kier molecular flexibility index (Phi) is 10.3. The molecule has 2 fully saturated rings. The van der Waals surface area contributed by atoms with Gasteiger partial charge in [0.15, 0.2) is 5.58 Å². The highest BCUT2D eigenvalue weighted by Crippen LogP contribution is 2.64. The molecule has 2 aliphatic carbocycles. The van der Waals surface area contributed by atoms with Gasteiger partial charge in [-0.15, -0.1) is 11.3 Å². The van der Waals surface area contributed by atoms with E-state index in [1.165, 1.54) is 153 Å². The van der Waals surface area contributed by atoms with Crippen LogP contribution >= 0.6 is 11.3 Å². The number of fused-ring (bicyclic) bond motifs is 16. The number of hydrogen-bond donors (Lipinski definition) is 0. The number of aryl methyl sites for hydroxylation is 2. The molecule has 18 rings (SSSR count). The molecule has 2 aromatic heterocycles. The fourth-order valence-corrected chi connectivity index (χ4v) is 19.5. The molecule has 4 atom stereocenters. The van der Waals surface area contributed by atoms with Gasteiger partial charge >= 0.3 is 0 Å². The highest BCUT2D eigenvalue weighted by molar-refractivity contribution is 7.26. The molecule has 6 heterocycles. The molecular formula is C78H67BN4OS. The first-order chi connectivity index (χ1) is 41.5. The van der Waals surface area contributed by atoms with Crippen LogP contribution < -0.4 is 36.0 Å². The van der Waals surface area contributed by atoms with E-state index in [0.717, 1.165) is 46.9 Å². The number of nitrogens with zero attached hydrogens (tertiary/aromatic N) is 4. The van der Waals surface area contributed by atoms with Crippen LogP contribution in [-0.4, -0.2) is 17.8 Å². The molecular weight excluding hydrogens is 1050 g/mol. The van der Waals surface area contributed by atoms with E-state index in [1.54, 1.807) is 0 Å². The zero-order valence-corrected chi connectivity index (χ0v) is 50.2. The van der Waals surface area contributed by atoms with Crippen LogP contribution in [0.15, 0.2) is 205 Å². The number of rotatable bonds is 5. The van der Waals surface area contributed by atoms with E-state index in [-0.39, 0.29) is 28.6 Å². The Morgan fingerprint density at radius 3 is 1.89 bits per heavy atom. The van der Waals surface area contributed by atoms with Crippen LogP contribution in [0.2, 0.25) is 0 Å². The number of hydrogen-bond acceptors (Lipinski definition) is 6. The largest absolute Gasteiger partial charge is 0.454 e. The van der Waals surface area contributed by atoms with E-state index in [1.807, 2.05) is 11.3 Å². The average Bonchev–Trinajstić information content (AvgIpc) is 2.27. The standard InChI is InChI=1S/C78H67BN4OS/c1-48-42-49(2)71-66(43-48)83(78(6)41-19-17-39-76(71,78)4)53-46-67-72-68(47-53)81(64-31-21-27-57-55-25-11-15-33-70(55)85-74(57)64)65-45-52(82-61-29-13-12-28-58(61)75(3)38-16-18-40-77(75,82)5)35-36-59(65)79(72)60-44-51(50-22-8-7-9-23-50)34-37-62(60)80(67)63-30-20-26-56-54-24-10-14-32-69(54)84-73(56)63/h7-15,20-37,42-47H,16-19,38-41H2,1-6H3. The first-order valence-electron chi connectivity index (χ1n) is 31.2. The molecule has 4 unspecified atom stereocenters. The number of furan rings is 1. The molecule has 0 radical (unpaired) electrons. The molecule has 414 valence electrons. The van der Waals surface area contributed by atoms with Gasteiger partial charge in [0.25, 0.3) is 6.71 Å². The summed E-state index contributed by atoms with van der Waals surface area (Å²) in [6, 6.07) is 77.1. The van der Waals surface area contributed by atoms with Crippen molar-refractivity contribution >= 4 is 133 Å². The lowest BCUT2D eigenvalue weighted by atomic mass is 9.33.